The average Bonchev–Trinajstić information content (AvgIpc) is 1.93. The molecule has 70 valence electrons. The molecule has 1 atom stereocenters. The molecule has 4 heteroatoms. The molecular weight excluding hydrogens is 160 g/mol. The summed E-state index contributed by atoms with van der Waals surface area (Å²) in [6.07, 6.45) is 2.45. The van der Waals surface area contributed by atoms with E-state index in [1.54, 1.807) is 0 Å². The molecular formula is C8H14O4. The number of aliphatic carboxylic acids is 1. The van der Waals surface area contributed by atoms with E-state index in [1.807, 2.05) is 0 Å². The zero-order valence-electron chi connectivity index (χ0n) is 7.16. The van der Waals surface area contributed by atoms with Gasteiger partial charge in [0.05, 0.1) is 12.7 Å². The predicted octanol–water partition coefficient (Wildman–Crippen LogP) is 0.655. The predicted molar refractivity (Wildman–Crippen MR) is 42.0 cm³/mol. The van der Waals surface area contributed by atoms with Crippen molar-refractivity contribution in [1.82, 2.24) is 0 Å². The molecule has 12 heavy (non-hydrogen) atoms. The smallest absolute Gasteiger partial charge is 0.335 e. The molecule has 1 saturated carbocycles. The first-order valence-electron chi connectivity index (χ1n) is 4.11. The quantitative estimate of drug-likeness (QED) is 0.665. The lowest BCUT2D eigenvalue weighted by molar-refractivity contribution is -0.162. The first kappa shape index (κ1) is 9.48. The molecule has 1 fully saturated rings. The molecule has 1 aliphatic rings. The molecule has 0 radical (unpaired) electrons. The topological polar surface area (TPSA) is 55.8 Å². The standard InChI is InChI=1S/C8H14O4/c1-11-5-7(8(9)10)12-6-3-2-4-6/h6-7H,2-5H2,1H3,(H,9,10). The molecule has 0 aromatic rings. The van der Waals surface area contributed by atoms with Crippen molar-refractivity contribution in [2.45, 2.75) is 31.5 Å². The number of methoxy groups -OCH3 is 1. The fourth-order valence-corrected chi connectivity index (χ4v) is 1.06. The normalized spacial score (nSPS) is 20.1. The van der Waals surface area contributed by atoms with Crippen molar-refractivity contribution in [2.75, 3.05) is 13.7 Å². The van der Waals surface area contributed by atoms with Gasteiger partial charge in [0.15, 0.2) is 6.10 Å². The van der Waals surface area contributed by atoms with Gasteiger partial charge >= 0.3 is 5.97 Å². The van der Waals surface area contributed by atoms with Gasteiger partial charge in [0, 0.05) is 7.11 Å². The van der Waals surface area contributed by atoms with Crippen molar-refractivity contribution in [2.24, 2.45) is 0 Å². The zero-order chi connectivity index (χ0) is 8.97. The lowest BCUT2D eigenvalue weighted by Gasteiger charge is -2.28. The molecule has 0 spiro atoms. The number of ether oxygens (including phenoxy) is 2. The molecule has 0 bridgehead atoms. The Balaban J connectivity index is 2.26. The Bertz CT molecular complexity index is 153. The number of carboxylic acid groups (broad SMARTS) is 1. The summed E-state index contributed by atoms with van der Waals surface area (Å²) in [7, 11) is 1.47. The molecule has 0 aromatic carbocycles. The van der Waals surface area contributed by atoms with Crippen LogP contribution in [-0.2, 0) is 14.3 Å². The van der Waals surface area contributed by atoms with Gasteiger partial charge in [-0.3, -0.25) is 0 Å². The SMILES string of the molecule is COCC(OC1CCC1)C(=O)O. The fraction of sp³-hybridized carbons (Fsp3) is 0.875. The van der Waals surface area contributed by atoms with Crippen LogP contribution in [0, 0.1) is 0 Å². The molecule has 1 aliphatic carbocycles. The van der Waals surface area contributed by atoms with Crippen LogP contribution < -0.4 is 0 Å². The van der Waals surface area contributed by atoms with Crippen LogP contribution in [0.1, 0.15) is 19.3 Å². The summed E-state index contributed by atoms with van der Waals surface area (Å²) in [6, 6.07) is 0. The van der Waals surface area contributed by atoms with E-state index < -0.39 is 12.1 Å². The van der Waals surface area contributed by atoms with Crippen LogP contribution in [0.2, 0.25) is 0 Å². The summed E-state index contributed by atoms with van der Waals surface area (Å²) in [5.74, 6) is -0.941. The molecule has 0 amide bonds. The molecule has 0 heterocycles. The van der Waals surface area contributed by atoms with Crippen molar-refractivity contribution < 1.29 is 19.4 Å². The summed E-state index contributed by atoms with van der Waals surface area (Å²) in [6.45, 7) is 0.131. The first-order chi connectivity index (χ1) is 5.74. The zero-order valence-corrected chi connectivity index (χ0v) is 7.16. The van der Waals surface area contributed by atoms with Crippen LogP contribution in [-0.4, -0.2) is 37.0 Å². The van der Waals surface area contributed by atoms with Crippen molar-refractivity contribution in [3.05, 3.63) is 0 Å². The summed E-state index contributed by atoms with van der Waals surface area (Å²) in [5.41, 5.74) is 0. The van der Waals surface area contributed by atoms with E-state index in [-0.39, 0.29) is 12.7 Å². The van der Waals surface area contributed by atoms with E-state index in [4.69, 9.17) is 14.6 Å². The maximum atomic E-state index is 10.6. The Kier molecular flexibility index (Phi) is 3.49. The third-order valence-corrected chi connectivity index (χ3v) is 2.00. The van der Waals surface area contributed by atoms with Crippen LogP contribution >= 0.6 is 0 Å². The van der Waals surface area contributed by atoms with Gasteiger partial charge in [0.1, 0.15) is 0 Å². The Morgan fingerprint density at radius 3 is 2.67 bits per heavy atom. The highest BCUT2D eigenvalue weighted by molar-refractivity contribution is 5.72. The summed E-state index contributed by atoms with van der Waals surface area (Å²) in [4.78, 5) is 10.6. The average molecular weight is 174 g/mol. The highest BCUT2D eigenvalue weighted by Crippen LogP contribution is 2.23. The van der Waals surface area contributed by atoms with Gasteiger partial charge < -0.3 is 14.6 Å². The van der Waals surface area contributed by atoms with Gasteiger partial charge in [-0.1, -0.05) is 0 Å². The van der Waals surface area contributed by atoms with E-state index >= 15 is 0 Å². The number of carbonyl (C=O) groups is 1. The maximum absolute atomic E-state index is 10.6. The van der Waals surface area contributed by atoms with Gasteiger partial charge in [-0.2, -0.15) is 0 Å². The van der Waals surface area contributed by atoms with E-state index in [9.17, 15) is 4.79 Å². The second kappa shape index (κ2) is 4.42. The van der Waals surface area contributed by atoms with Crippen molar-refractivity contribution in [3.63, 3.8) is 0 Å². The van der Waals surface area contributed by atoms with Crippen LogP contribution in [0.25, 0.3) is 0 Å². The monoisotopic (exact) mass is 174 g/mol. The van der Waals surface area contributed by atoms with E-state index in [1.165, 1.54) is 7.11 Å². The number of rotatable bonds is 5. The molecule has 0 saturated heterocycles. The number of hydrogen-bond donors (Lipinski definition) is 1. The van der Waals surface area contributed by atoms with Gasteiger partial charge in [0.25, 0.3) is 0 Å². The Labute approximate surface area is 71.5 Å². The van der Waals surface area contributed by atoms with E-state index in [0.717, 1.165) is 19.3 Å². The van der Waals surface area contributed by atoms with Crippen LogP contribution in [0.3, 0.4) is 0 Å². The highest BCUT2D eigenvalue weighted by Gasteiger charge is 2.26. The molecule has 0 aromatic heterocycles. The molecule has 0 aliphatic heterocycles. The van der Waals surface area contributed by atoms with Crippen LogP contribution in [0.5, 0.6) is 0 Å². The second-order valence-corrected chi connectivity index (χ2v) is 2.97. The van der Waals surface area contributed by atoms with Gasteiger partial charge in [-0.25, -0.2) is 4.79 Å². The van der Waals surface area contributed by atoms with E-state index in [2.05, 4.69) is 0 Å². The Morgan fingerprint density at radius 1 is 1.67 bits per heavy atom. The largest absolute Gasteiger partial charge is 0.479 e. The van der Waals surface area contributed by atoms with Crippen LogP contribution in [0.4, 0.5) is 0 Å². The molecule has 4 nitrogen and oxygen atoms in total. The summed E-state index contributed by atoms with van der Waals surface area (Å²) in [5, 5.41) is 8.67. The van der Waals surface area contributed by atoms with E-state index in [0.29, 0.717) is 0 Å². The molecule has 1 unspecified atom stereocenters. The summed E-state index contributed by atoms with van der Waals surface area (Å²) >= 11 is 0. The Morgan fingerprint density at radius 2 is 2.33 bits per heavy atom. The minimum absolute atomic E-state index is 0.131. The molecule has 1 N–H and O–H groups in total. The number of carboxylic acids is 1. The van der Waals surface area contributed by atoms with Gasteiger partial charge in [-0.15, -0.1) is 0 Å². The van der Waals surface area contributed by atoms with Crippen molar-refractivity contribution in [3.8, 4) is 0 Å². The summed E-state index contributed by atoms with van der Waals surface area (Å²) < 4.78 is 9.99. The third kappa shape index (κ3) is 2.46. The minimum Gasteiger partial charge on any atom is -0.479 e. The Hall–Kier alpha value is -0.610. The van der Waals surface area contributed by atoms with Crippen LogP contribution in [0.15, 0.2) is 0 Å². The first-order valence-corrected chi connectivity index (χ1v) is 4.11. The fourth-order valence-electron chi connectivity index (χ4n) is 1.06. The van der Waals surface area contributed by atoms with Crippen molar-refractivity contribution in [1.29, 1.82) is 0 Å². The number of hydrogen-bond acceptors (Lipinski definition) is 3. The third-order valence-electron chi connectivity index (χ3n) is 2.00. The highest BCUT2D eigenvalue weighted by atomic mass is 16.6. The lowest BCUT2D eigenvalue weighted by Crippen LogP contribution is -2.35. The van der Waals surface area contributed by atoms with Gasteiger partial charge in [0.2, 0.25) is 0 Å². The maximum Gasteiger partial charge on any atom is 0.335 e. The minimum atomic E-state index is -0.941. The van der Waals surface area contributed by atoms with Gasteiger partial charge in [-0.05, 0) is 19.3 Å². The second-order valence-electron chi connectivity index (χ2n) is 2.97. The molecule has 1 rings (SSSR count). The van der Waals surface area contributed by atoms with Crippen molar-refractivity contribution >= 4 is 5.97 Å². The lowest BCUT2D eigenvalue weighted by atomic mass is 9.96.